The molecule has 0 saturated carbocycles. The predicted octanol–water partition coefficient (Wildman–Crippen LogP) is 2.76. The van der Waals surface area contributed by atoms with Crippen molar-refractivity contribution in [3.05, 3.63) is 42.0 Å². The van der Waals surface area contributed by atoms with E-state index in [0.717, 1.165) is 36.2 Å². The number of imidazole rings is 1. The molecule has 25 heavy (non-hydrogen) atoms. The molecule has 0 unspecified atom stereocenters. The summed E-state index contributed by atoms with van der Waals surface area (Å²) < 4.78 is 2.24. The monoisotopic (exact) mass is 338 g/mol. The molecule has 0 aliphatic carbocycles. The molecule has 7 nitrogen and oxygen atoms in total. The number of piperidine rings is 1. The van der Waals surface area contributed by atoms with Crippen LogP contribution in [0.3, 0.4) is 0 Å². The van der Waals surface area contributed by atoms with Crippen LogP contribution in [0, 0.1) is 0 Å². The van der Waals surface area contributed by atoms with E-state index in [0.29, 0.717) is 18.0 Å². The first-order valence-corrected chi connectivity index (χ1v) is 8.76. The van der Waals surface area contributed by atoms with Crippen molar-refractivity contribution in [3.63, 3.8) is 0 Å². The largest absolute Gasteiger partial charge is 0.337 e. The molecule has 0 spiro atoms. The molecule has 1 aromatic carbocycles. The molecule has 1 amide bonds. The lowest BCUT2D eigenvalue weighted by Crippen LogP contribution is -2.41. The third kappa shape index (κ3) is 2.90. The number of amides is 1. The third-order valence-electron chi connectivity index (χ3n) is 4.86. The zero-order chi connectivity index (χ0) is 17.4. The topological polar surface area (TPSA) is 79.7 Å². The van der Waals surface area contributed by atoms with Crippen LogP contribution in [-0.4, -0.2) is 48.9 Å². The lowest BCUT2D eigenvalue weighted by Gasteiger charge is -2.34. The highest BCUT2D eigenvalue weighted by molar-refractivity contribution is 5.97. The van der Waals surface area contributed by atoms with E-state index in [9.17, 15) is 4.79 Å². The number of benzene rings is 1. The molecule has 7 heteroatoms. The molecule has 2 aromatic heterocycles. The Bertz CT molecular complexity index is 896. The van der Waals surface area contributed by atoms with Crippen LogP contribution in [0.4, 0.5) is 0 Å². The zero-order valence-electron chi connectivity index (χ0n) is 14.5. The molecule has 1 fully saturated rings. The smallest absolute Gasteiger partial charge is 0.254 e. The van der Waals surface area contributed by atoms with Crippen LogP contribution in [0.2, 0.25) is 0 Å². The number of aromatic nitrogens is 5. The van der Waals surface area contributed by atoms with Gasteiger partial charge in [-0.3, -0.25) is 4.79 Å². The number of fused-ring (bicyclic) bond motifs is 1. The molecular formula is C18H22N6O. The molecule has 1 aliphatic heterocycles. The lowest BCUT2D eigenvalue weighted by molar-refractivity contribution is 0.0677. The van der Waals surface area contributed by atoms with Gasteiger partial charge >= 0.3 is 0 Å². The van der Waals surface area contributed by atoms with Gasteiger partial charge in [-0.2, -0.15) is 15.4 Å². The number of hydrogen-bond donors (Lipinski definition) is 1. The summed E-state index contributed by atoms with van der Waals surface area (Å²) in [6.45, 7) is 5.80. The molecule has 0 radical (unpaired) electrons. The Balaban J connectivity index is 1.56. The van der Waals surface area contributed by atoms with Crippen molar-refractivity contribution in [1.82, 2.24) is 29.9 Å². The second-order valence-corrected chi connectivity index (χ2v) is 6.92. The number of carbonyl (C=O) groups excluding carboxylic acids is 1. The number of H-pyrrole nitrogens is 1. The molecule has 130 valence electrons. The number of rotatable bonds is 3. The molecule has 1 atom stereocenters. The maximum atomic E-state index is 12.9. The SMILES string of the molecule is CC(C)c1nccn1[C@H]1CCCN(C(=O)c2ccc3n[nH]nc3c2)C1. The average molecular weight is 338 g/mol. The standard InChI is InChI=1S/C18H22N6O/c1-12(2)17-19-7-9-24(17)14-4-3-8-23(11-14)18(25)13-5-6-15-16(10-13)21-22-20-15/h5-7,9-10,12,14H,3-4,8,11H2,1-2H3,(H,20,21,22)/t14-/m0/s1. The van der Waals surface area contributed by atoms with E-state index in [1.807, 2.05) is 35.5 Å². The van der Waals surface area contributed by atoms with E-state index in [1.54, 1.807) is 0 Å². The quantitative estimate of drug-likeness (QED) is 0.796. The van der Waals surface area contributed by atoms with E-state index in [-0.39, 0.29) is 11.9 Å². The Morgan fingerprint density at radius 1 is 1.28 bits per heavy atom. The van der Waals surface area contributed by atoms with Gasteiger partial charge in [0.2, 0.25) is 0 Å². The molecule has 1 aliphatic rings. The first-order valence-electron chi connectivity index (χ1n) is 8.76. The van der Waals surface area contributed by atoms with Gasteiger partial charge in [0.05, 0.1) is 6.04 Å². The van der Waals surface area contributed by atoms with E-state index in [1.165, 1.54) is 0 Å². The van der Waals surface area contributed by atoms with Crippen molar-refractivity contribution in [1.29, 1.82) is 0 Å². The van der Waals surface area contributed by atoms with Crippen molar-refractivity contribution < 1.29 is 4.79 Å². The van der Waals surface area contributed by atoms with Crippen molar-refractivity contribution in [2.24, 2.45) is 0 Å². The Morgan fingerprint density at radius 3 is 2.96 bits per heavy atom. The molecule has 1 N–H and O–H groups in total. The van der Waals surface area contributed by atoms with E-state index < -0.39 is 0 Å². The van der Waals surface area contributed by atoms with Crippen LogP contribution < -0.4 is 0 Å². The lowest BCUT2D eigenvalue weighted by atomic mass is 10.0. The predicted molar refractivity (Wildman–Crippen MR) is 94.4 cm³/mol. The van der Waals surface area contributed by atoms with Gasteiger partial charge < -0.3 is 9.47 Å². The number of hydrogen-bond acceptors (Lipinski definition) is 4. The van der Waals surface area contributed by atoms with Gasteiger partial charge in [-0.05, 0) is 31.0 Å². The van der Waals surface area contributed by atoms with E-state index in [2.05, 4.69) is 38.8 Å². The summed E-state index contributed by atoms with van der Waals surface area (Å²) in [4.78, 5) is 19.4. The van der Waals surface area contributed by atoms with Crippen molar-refractivity contribution in [3.8, 4) is 0 Å². The Hall–Kier alpha value is -2.70. The summed E-state index contributed by atoms with van der Waals surface area (Å²) in [6.07, 6.45) is 5.96. The summed E-state index contributed by atoms with van der Waals surface area (Å²) in [5.74, 6) is 1.51. The minimum Gasteiger partial charge on any atom is -0.337 e. The molecule has 0 bridgehead atoms. The summed E-state index contributed by atoms with van der Waals surface area (Å²) in [6, 6.07) is 5.75. The van der Waals surface area contributed by atoms with Gasteiger partial charge in [-0.1, -0.05) is 13.8 Å². The maximum absolute atomic E-state index is 12.9. The van der Waals surface area contributed by atoms with Crippen LogP contribution in [-0.2, 0) is 0 Å². The van der Waals surface area contributed by atoms with Crippen LogP contribution in [0.5, 0.6) is 0 Å². The van der Waals surface area contributed by atoms with Crippen molar-refractivity contribution in [2.45, 2.75) is 38.6 Å². The highest BCUT2D eigenvalue weighted by Gasteiger charge is 2.27. The summed E-state index contributed by atoms with van der Waals surface area (Å²) >= 11 is 0. The maximum Gasteiger partial charge on any atom is 0.254 e. The Labute approximate surface area is 146 Å². The van der Waals surface area contributed by atoms with Gasteiger partial charge in [0.1, 0.15) is 16.9 Å². The third-order valence-corrected chi connectivity index (χ3v) is 4.86. The van der Waals surface area contributed by atoms with E-state index in [4.69, 9.17) is 0 Å². The number of aromatic amines is 1. The van der Waals surface area contributed by atoms with Crippen molar-refractivity contribution >= 4 is 16.9 Å². The normalized spacial score (nSPS) is 18.2. The highest BCUT2D eigenvalue weighted by atomic mass is 16.2. The van der Waals surface area contributed by atoms with Crippen molar-refractivity contribution in [2.75, 3.05) is 13.1 Å². The van der Waals surface area contributed by atoms with Gasteiger partial charge in [0.15, 0.2) is 0 Å². The van der Waals surface area contributed by atoms with Gasteiger partial charge in [-0.25, -0.2) is 4.98 Å². The minimum absolute atomic E-state index is 0.0563. The van der Waals surface area contributed by atoms with E-state index >= 15 is 0 Å². The van der Waals surface area contributed by atoms with Crippen LogP contribution >= 0.6 is 0 Å². The highest BCUT2D eigenvalue weighted by Crippen LogP contribution is 2.26. The summed E-state index contributed by atoms with van der Waals surface area (Å²) in [5, 5.41) is 10.7. The summed E-state index contributed by atoms with van der Waals surface area (Å²) in [5.41, 5.74) is 2.15. The molecule has 3 heterocycles. The van der Waals surface area contributed by atoms with Crippen LogP contribution in [0.15, 0.2) is 30.6 Å². The van der Waals surface area contributed by atoms with Gasteiger partial charge in [0, 0.05) is 37.0 Å². The molecular weight excluding hydrogens is 316 g/mol. The first-order chi connectivity index (χ1) is 12.1. The van der Waals surface area contributed by atoms with Gasteiger partial charge in [-0.15, -0.1) is 0 Å². The Morgan fingerprint density at radius 2 is 2.12 bits per heavy atom. The summed E-state index contributed by atoms with van der Waals surface area (Å²) in [7, 11) is 0. The van der Waals surface area contributed by atoms with Gasteiger partial charge in [0.25, 0.3) is 5.91 Å². The molecule has 3 aromatic rings. The van der Waals surface area contributed by atoms with Crippen LogP contribution in [0.25, 0.3) is 11.0 Å². The fourth-order valence-electron chi connectivity index (χ4n) is 3.60. The fourth-order valence-corrected chi connectivity index (χ4v) is 3.60. The number of likely N-dealkylation sites (tertiary alicyclic amines) is 1. The minimum atomic E-state index is 0.0563. The first kappa shape index (κ1) is 15.8. The average Bonchev–Trinajstić information content (AvgIpc) is 3.29. The Kier molecular flexibility index (Phi) is 3.99. The second kappa shape index (κ2) is 6.31. The number of carbonyl (C=O) groups is 1. The van der Waals surface area contributed by atoms with Crippen LogP contribution in [0.1, 0.15) is 54.8 Å². The molecule has 1 saturated heterocycles. The number of nitrogens with zero attached hydrogens (tertiary/aromatic N) is 5. The zero-order valence-corrected chi connectivity index (χ0v) is 14.5. The molecule has 4 rings (SSSR count). The number of nitrogens with one attached hydrogen (secondary N) is 1. The second-order valence-electron chi connectivity index (χ2n) is 6.92. The fraction of sp³-hybridized carbons (Fsp3) is 0.444.